The Morgan fingerprint density at radius 1 is 1.16 bits per heavy atom. The molecule has 1 aliphatic rings. The fraction of sp³-hybridized carbons (Fsp3) is 0.241. The molecule has 1 atom stereocenters. The van der Waals surface area contributed by atoms with E-state index >= 15 is 0 Å². The molecule has 5 rings (SSSR count). The third-order valence-corrected chi connectivity index (χ3v) is 7.22. The van der Waals surface area contributed by atoms with Crippen LogP contribution >= 0.6 is 11.6 Å². The van der Waals surface area contributed by atoms with Crippen LogP contribution in [0.25, 0.3) is 28.0 Å². The number of hydrogen-bond acceptors (Lipinski definition) is 5. The third-order valence-electron chi connectivity index (χ3n) is 6.93. The summed E-state index contributed by atoms with van der Waals surface area (Å²) in [4.78, 5) is 38.9. The molecule has 1 fully saturated rings. The summed E-state index contributed by atoms with van der Waals surface area (Å²) in [6.45, 7) is 8.92. The molecule has 0 N–H and O–H groups in total. The van der Waals surface area contributed by atoms with E-state index in [4.69, 9.17) is 16.6 Å². The topological polar surface area (TPSA) is 71.3 Å². The molecule has 4 aromatic rings. The molecule has 38 heavy (non-hydrogen) atoms. The van der Waals surface area contributed by atoms with Crippen molar-refractivity contribution in [1.29, 1.82) is 0 Å². The van der Waals surface area contributed by atoms with E-state index in [2.05, 4.69) is 11.6 Å². The zero-order chi connectivity index (χ0) is 27.0. The lowest BCUT2D eigenvalue weighted by Crippen LogP contribution is -2.54. The van der Waals surface area contributed by atoms with E-state index in [0.29, 0.717) is 48.6 Å². The zero-order valence-corrected chi connectivity index (χ0v) is 22.0. The molecule has 7 nitrogen and oxygen atoms in total. The third kappa shape index (κ3) is 4.45. The zero-order valence-electron chi connectivity index (χ0n) is 21.2. The van der Waals surface area contributed by atoms with E-state index in [0.717, 1.165) is 5.56 Å². The predicted octanol–water partition coefficient (Wildman–Crippen LogP) is 5.03. The molecule has 0 spiro atoms. The van der Waals surface area contributed by atoms with Crippen molar-refractivity contribution in [3.63, 3.8) is 0 Å². The average molecular weight is 532 g/mol. The fourth-order valence-electron chi connectivity index (χ4n) is 5.01. The van der Waals surface area contributed by atoms with Gasteiger partial charge < -0.3 is 9.80 Å². The Morgan fingerprint density at radius 2 is 1.89 bits per heavy atom. The van der Waals surface area contributed by atoms with E-state index in [-0.39, 0.29) is 28.2 Å². The molecule has 1 aliphatic heterocycles. The first-order valence-electron chi connectivity index (χ1n) is 12.5. The number of rotatable bonds is 5. The maximum Gasteiger partial charge on any atom is 0.355 e. The highest BCUT2D eigenvalue weighted by Crippen LogP contribution is 2.35. The highest BCUT2D eigenvalue weighted by atomic mass is 35.5. The van der Waals surface area contributed by atoms with Crippen molar-refractivity contribution in [1.82, 2.24) is 19.4 Å². The van der Waals surface area contributed by atoms with Gasteiger partial charge in [0.15, 0.2) is 5.65 Å². The second kappa shape index (κ2) is 10.4. The summed E-state index contributed by atoms with van der Waals surface area (Å²) in [5.74, 6) is -0.168. The summed E-state index contributed by atoms with van der Waals surface area (Å²) in [6, 6.07) is 15.4. The number of anilines is 1. The van der Waals surface area contributed by atoms with E-state index in [9.17, 15) is 14.0 Å². The van der Waals surface area contributed by atoms with E-state index in [1.54, 1.807) is 29.2 Å². The number of aromatic nitrogens is 3. The molecule has 1 saturated heterocycles. The van der Waals surface area contributed by atoms with Crippen molar-refractivity contribution in [2.45, 2.75) is 26.3 Å². The number of fused-ring (bicyclic) bond motifs is 1. The number of para-hydroxylation sites is 1. The standard InChI is InChI=1S/C29H27ClFN5O2/c1-4-19-10-6-9-13-24(19)36-28-21(16-22(30)26(32-28)20-11-7-8-12-23(20)31)27(33-29(36)38)35-15-14-34(17-18(35)3)25(37)5-2/h5-13,16,18H,2,4,14-15,17H2,1,3H3/t18-/m0/s1. The van der Waals surface area contributed by atoms with Gasteiger partial charge in [-0.05, 0) is 49.2 Å². The summed E-state index contributed by atoms with van der Waals surface area (Å²) < 4.78 is 16.3. The van der Waals surface area contributed by atoms with Crippen LogP contribution in [0, 0.1) is 5.82 Å². The Labute approximate surface area is 224 Å². The molecular formula is C29H27ClFN5O2. The summed E-state index contributed by atoms with van der Waals surface area (Å²) in [7, 11) is 0. The molecule has 2 aromatic carbocycles. The van der Waals surface area contributed by atoms with Crippen LogP contribution in [-0.4, -0.2) is 51.0 Å². The number of amides is 1. The number of aryl methyl sites for hydroxylation is 1. The number of hydrogen-bond donors (Lipinski definition) is 0. The van der Waals surface area contributed by atoms with Gasteiger partial charge in [0.2, 0.25) is 5.91 Å². The van der Waals surface area contributed by atoms with E-state index < -0.39 is 11.5 Å². The molecule has 194 valence electrons. The highest BCUT2D eigenvalue weighted by molar-refractivity contribution is 6.33. The van der Waals surface area contributed by atoms with Gasteiger partial charge in [-0.2, -0.15) is 4.98 Å². The Kier molecular flexibility index (Phi) is 6.99. The van der Waals surface area contributed by atoms with Gasteiger partial charge in [-0.1, -0.05) is 55.4 Å². The number of pyridine rings is 1. The first-order valence-corrected chi connectivity index (χ1v) is 12.9. The lowest BCUT2D eigenvalue weighted by molar-refractivity contribution is -0.126. The first-order chi connectivity index (χ1) is 18.3. The normalized spacial score (nSPS) is 15.6. The summed E-state index contributed by atoms with van der Waals surface area (Å²) in [6.07, 6.45) is 1.99. The van der Waals surface area contributed by atoms with Crippen molar-refractivity contribution in [3.8, 4) is 16.9 Å². The number of nitrogens with zero attached hydrogens (tertiary/aromatic N) is 5. The maximum absolute atomic E-state index is 14.8. The lowest BCUT2D eigenvalue weighted by atomic mass is 10.1. The van der Waals surface area contributed by atoms with Gasteiger partial charge in [-0.3, -0.25) is 4.79 Å². The lowest BCUT2D eigenvalue weighted by Gasteiger charge is -2.40. The monoisotopic (exact) mass is 531 g/mol. The molecule has 3 heterocycles. The Hall–Kier alpha value is -4.04. The van der Waals surface area contributed by atoms with E-state index in [1.807, 2.05) is 43.0 Å². The minimum Gasteiger partial charge on any atom is -0.350 e. The second-order valence-corrected chi connectivity index (χ2v) is 9.64. The minimum absolute atomic E-state index is 0.133. The molecule has 0 radical (unpaired) electrons. The molecule has 0 bridgehead atoms. The Morgan fingerprint density at radius 3 is 2.61 bits per heavy atom. The Balaban J connectivity index is 1.77. The van der Waals surface area contributed by atoms with Gasteiger partial charge in [0, 0.05) is 31.2 Å². The van der Waals surface area contributed by atoms with Crippen LogP contribution in [0.1, 0.15) is 19.4 Å². The number of carbonyl (C=O) groups excluding carboxylic acids is 1. The van der Waals surface area contributed by atoms with Crippen LogP contribution < -0.4 is 10.6 Å². The van der Waals surface area contributed by atoms with Crippen LogP contribution in [0.3, 0.4) is 0 Å². The van der Waals surface area contributed by atoms with Crippen LogP contribution in [0.5, 0.6) is 0 Å². The smallest absolute Gasteiger partial charge is 0.350 e. The molecule has 0 aliphatic carbocycles. The summed E-state index contributed by atoms with van der Waals surface area (Å²) in [5, 5.41) is 0.809. The van der Waals surface area contributed by atoms with Crippen molar-refractivity contribution >= 4 is 34.4 Å². The van der Waals surface area contributed by atoms with E-state index in [1.165, 1.54) is 16.7 Å². The molecule has 2 aromatic heterocycles. The number of halogens is 2. The SMILES string of the molecule is C=CC(=O)N1CCN(c2nc(=O)n(-c3ccccc3CC)c3nc(-c4ccccc4F)c(Cl)cc23)[C@@H](C)C1. The van der Waals surface area contributed by atoms with Gasteiger partial charge in [-0.25, -0.2) is 18.7 Å². The molecule has 0 saturated carbocycles. The summed E-state index contributed by atoms with van der Waals surface area (Å²) in [5.41, 5.74) is 1.92. The van der Waals surface area contributed by atoms with Crippen LogP contribution in [0.2, 0.25) is 5.02 Å². The second-order valence-electron chi connectivity index (χ2n) is 9.24. The van der Waals surface area contributed by atoms with Crippen LogP contribution in [-0.2, 0) is 11.2 Å². The largest absolute Gasteiger partial charge is 0.355 e. The van der Waals surface area contributed by atoms with Gasteiger partial charge in [0.1, 0.15) is 11.6 Å². The number of piperazine rings is 1. The first kappa shape index (κ1) is 25.6. The van der Waals surface area contributed by atoms with Crippen LogP contribution in [0.15, 0.2) is 72.0 Å². The number of carbonyl (C=O) groups is 1. The highest BCUT2D eigenvalue weighted by Gasteiger charge is 2.30. The molecule has 9 heteroatoms. The van der Waals surface area contributed by atoms with Gasteiger partial charge in [-0.15, -0.1) is 0 Å². The Bertz CT molecular complexity index is 1620. The quantitative estimate of drug-likeness (QED) is 0.338. The van der Waals surface area contributed by atoms with Gasteiger partial charge in [0.05, 0.1) is 21.8 Å². The number of benzene rings is 2. The predicted molar refractivity (Wildman–Crippen MR) is 149 cm³/mol. The summed E-state index contributed by atoms with van der Waals surface area (Å²) >= 11 is 6.71. The van der Waals surface area contributed by atoms with Crippen molar-refractivity contribution in [2.24, 2.45) is 0 Å². The average Bonchev–Trinajstić information content (AvgIpc) is 2.92. The molecule has 0 unspecified atom stereocenters. The fourth-order valence-corrected chi connectivity index (χ4v) is 5.27. The van der Waals surface area contributed by atoms with Crippen molar-refractivity contribution in [2.75, 3.05) is 24.5 Å². The maximum atomic E-state index is 14.8. The minimum atomic E-state index is -0.500. The van der Waals surface area contributed by atoms with Gasteiger partial charge >= 0.3 is 5.69 Å². The van der Waals surface area contributed by atoms with Gasteiger partial charge in [0.25, 0.3) is 0 Å². The van der Waals surface area contributed by atoms with Crippen LogP contribution in [0.4, 0.5) is 10.2 Å². The van der Waals surface area contributed by atoms with Crippen molar-refractivity contribution in [3.05, 3.63) is 94.1 Å². The molecule has 1 amide bonds. The molecular weight excluding hydrogens is 505 g/mol. The van der Waals surface area contributed by atoms with Crippen molar-refractivity contribution < 1.29 is 9.18 Å².